The summed E-state index contributed by atoms with van der Waals surface area (Å²) in [5.41, 5.74) is 0. The van der Waals surface area contributed by atoms with Gasteiger partial charge in [0.25, 0.3) is 0 Å². The zero-order valence-electron chi connectivity index (χ0n) is 5.92. The van der Waals surface area contributed by atoms with E-state index in [4.69, 9.17) is 5.26 Å². The normalized spacial score (nSPS) is 9.56. The van der Waals surface area contributed by atoms with Crippen molar-refractivity contribution in [3.63, 3.8) is 0 Å². The third-order valence-electron chi connectivity index (χ3n) is 0.916. The van der Waals surface area contributed by atoms with Crippen LogP contribution in [0.3, 0.4) is 0 Å². The van der Waals surface area contributed by atoms with Gasteiger partial charge in [-0.2, -0.15) is 5.26 Å². The van der Waals surface area contributed by atoms with Gasteiger partial charge in [-0.1, -0.05) is 0 Å². The van der Waals surface area contributed by atoms with E-state index in [1.807, 2.05) is 19.5 Å². The predicted molar refractivity (Wildman–Crippen MR) is 41.2 cm³/mol. The maximum atomic E-state index is 8.13. The van der Waals surface area contributed by atoms with Crippen LogP contribution >= 0.6 is 11.8 Å². The van der Waals surface area contributed by atoms with Crippen LogP contribution in [0.15, 0.2) is 0 Å². The van der Waals surface area contributed by atoms with Gasteiger partial charge >= 0.3 is 0 Å². The fraction of sp³-hybridized carbons (Fsp3) is 0.833. The molecule has 52 valence electrons. The third kappa shape index (κ3) is 7.80. The first-order valence-electron chi connectivity index (χ1n) is 2.93. The molecular formula is C6H12N2S. The van der Waals surface area contributed by atoms with Crippen LogP contribution in [0.5, 0.6) is 0 Å². The Hall–Kier alpha value is -0.200. The zero-order valence-corrected chi connectivity index (χ0v) is 6.74. The molecule has 2 nitrogen and oxygen atoms in total. The van der Waals surface area contributed by atoms with E-state index >= 15 is 0 Å². The molecular weight excluding hydrogens is 132 g/mol. The Bertz CT molecular complexity index is 95.7. The molecule has 9 heavy (non-hydrogen) atoms. The van der Waals surface area contributed by atoms with E-state index in [1.54, 1.807) is 0 Å². The fourth-order valence-electron chi connectivity index (χ4n) is 0.499. The molecule has 0 aliphatic heterocycles. The Morgan fingerprint density at radius 3 is 2.67 bits per heavy atom. The average molecular weight is 144 g/mol. The van der Waals surface area contributed by atoms with Crippen molar-refractivity contribution in [3.8, 4) is 5.40 Å². The summed E-state index contributed by atoms with van der Waals surface area (Å²) in [5.74, 6) is 0.953. The van der Waals surface area contributed by atoms with Gasteiger partial charge in [0.05, 0.1) is 0 Å². The van der Waals surface area contributed by atoms with Crippen molar-refractivity contribution in [1.82, 2.24) is 4.90 Å². The Balaban J connectivity index is 2.85. The largest absolute Gasteiger partial charge is 0.309 e. The van der Waals surface area contributed by atoms with E-state index in [1.165, 1.54) is 11.8 Å². The molecule has 0 rings (SSSR count). The van der Waals surface area contributed by atoms with Gasteiger partial charge in [-0.05, 0) is 38.8 Å². The molecule has 0 atom stereocenters. The van der Waals surface area contributed by atoms with Gasteiger partial charge in [-0.3, -0.25) is 0 Å². The van der Waals surface area contributed by atoms with Gasteiger partial charge in [0.2, 0.25) is 0 Å². The smallest absolute Gasteiger partial charge is 0.133 e. The molecule has 0 unspecified atom stereocenters. The molecule has 0 spiro atoms. The molecule has 3 heteroatoms. The highest BCUT2D eigenvalue weighted by Gasteiger charge is 1.88. The maximum Gasteiger partial charge on any atom is 0.133 e. The molecule has 0 heterocycles. The Morgan fingerprint density at radius 2 is 2.22 bits per heavy atom. The monoisotopic (exact) mass is 144 g/mol. The molecule has 0 fully saturated rings. The lowest BCUT2D eigenvalue weighted by atomic mass is 10.5. The fourth-order valence-corrected chi connectivity index (χ4v) is 0.863. The van der Waals surface area contributed by atoms with Crippen molar-refractivity contribution in [2.45, 2.75) is 6.42 Å². The van der Waals surface area contributed by atoms with Gasteiger partial charge < -0.3 is 4.90 Å². The molecule has 0 saturated heterocycles. The van der Waals surface area contributed by atoms with Crippen LogP contribution in [-0.4, -0.2) is 31.3 Å². The first kappa shape index (κ1) is 8.80. The van der Waals surface area contributed by atoms with Crippen LogP contribution in [0.2, 0.25) is 0 Å². The van der Waals surface area contributed by atoms with Gasteiger partial charge in [-0.15, -0.1) is 0 Å². The minimum absolute atomic E-state index is 0.953. The molecule has 0 aliphatic carbocycles. The summed E-state index contributed by atoms with van der Waals surface area (Å²) in [5, 5.41) is 10.2. The number of nitrogens with zero attached hydrogens (tertiary/aromatic N) is 2. The summed E-state index contributed by atoms with van der Waals surface area (Å²) in [6.07, 6.45) is 1.10. The molecule has 0 aliphatic rings. The lowest BCUT2D eigenvalue weighted by Crippen LogP contribution is -2.13. The second kappa shape index (κ2) is 5.93. The quantitative estimate of drug-likeness (QED) is 0.437. The minimum atomic E-state index is 0.953. The summed E-state index contributed by atoms with van der Waals surface area (Å²) in [4.78, 5) is 2.12. The Morgan fingerprint density at radius 1 is 1.56 bits per heavy atom. The average Bonchev–Trinajstić information content (AvgIpc) is 1.80. The summed E-state index contributed by atoms with van der Waals surface area (Å²) < 4.78 is 0. The lowest BCUT2D eigenvalue weighted by Gasteiger charge is -2.06. The Labute approximate surface area is 60.8 Å². The van der Waals surface area contributed by atoms with Crippen LogP contribution in [0.4, 0.5) is 0 Å². The second-order valence-corrected chi connectivity index (χ2v) is 2.98. The molecule has 0 amide bonds. The standard InChI is InChI=1S/C6H12N2S/c1-8(2)4-3-5-9-6-7/h3-5H2,1-2H3. The summed E-state index contributed by atoms with van der Waals surface area (Å²) in [6, 6.07) is 0. The molecule has 0 saturated carbocycles. The minimum Gasteiger partial charge on any atom is -0.309 e. The summed E-state index contributed by atoms with van der Waals surface area (Å²) in [7, 11) is 4.08. The predicted octanol–water partition coefficient (Wildman–Crippen LogP) is 1.15. The Kier molecular flexibility index (Phi) is 5.80. The van der Waals surface area contributed by atoms with E-state index in [0.717, 1.165) is 18.7 Å². The van der Waals surface area contributed by atoms with Gasteiger partial charge in [-0.25, -0.2) is 0 Å². The van der Waals surface area contributed by atoms with Crippen LogP contribution < -0.4 is 0 Å². The SMILES string of the molecule is CN(C)CCCSC#N. The van der Waals surface area contributed by atoms with Crippen LogP contribution in [0.1, 0.15) is 6.42 Å². The van der Waals surface area contributed by atoms with Crippen LogP contribution in [-0.2, 0) is 0 Å². The molecule has 0 aromatic rings. The van der Waals surface area contributed by atoms with E-state index in [-0.39, 0.29) is 0 Å². The molecule has 0 radical (unpaired) electrons. The van der Waals surface area contributed by atoms with Crippen molar-refractivity contribution < 1.29 is 0 Å². The van der Waals surface area contributed by atoms with E-state index in [9.17, 15) is 0 Å². The summed E-state index contributed by atoms with van der Waals surface area (Å²) in [6.45, 7) is 1.08. The van der Waals surface area contributed by atoms with Crippen molar-refractivity contribution in [3.05, 3.63) is 0 Å². The molecule has 0 bridgehead atoms. The lowest BCUT2D eigenvalue weighted by molar-refractivity contribution is 0.410. The highest BCUT2D eigenvalue weighted by atomic mass is 32.2. The highest BCUT2D eigenvalue weighted by molar-refractivity contribution is 8.03. The van der Waals surface area contributed by atoms with Gasteiger partial charge in [0.15, 0.2) is 0 Å². The topological polar surface area (TPSA) is 27.0 Å². The number of hydrogen-bond donors (Lipinski definition) is 0. The van der Waals surface area contributed by atoms with Crippen molar-refractivity contribution in [2.24, 2.45) is 0 Å². The van der Waals surface area contributed by atoms with Gasteiger partial charge in [0.1, 0.15) is 5.40 Å². The van der Waals surface area contributed by atoms with Crippen LogP contribution in [0, 0.1) is 10.7 Å². The maximum absolute atomic E-state index is 8.13. The van der Waals surface area contributed by atoms with E-state index < -0.39 is 0 Å². The van der Waals surface area contributed by atoms with E-state index in [2.05, 4.69) is 4.90 Å². The molecule has 0 aromatic heterocycles. The highest BCUT2D eigenvalue weighted by Crippen LogP contribution is 1.98. The number of thiocyanates is 1. The van der Waals surface area contributed by atoms with Crippen molar-refractivity contribution in [2.75, 3.05) is 26.4 Å². The third-order valence-corrected chi connectivity index (χ3v) is 1.54. The first-order chi connectivity index (χ1) is 4.27. The second-order valence-electron chi connectivity index (χ2n) is 2.10. The summed E-state index contributed by atoms with van der Waals surface area (Å²) >= 11 is 1.33. The number of thioether (sulfide) groups is 1. The number of hydrogen-bond acceptors (Lipinski definition) is 3. The first-order valence-corrected chi connectivity index (χ1v) is 3.91. The number of rotatable bonds is 4. The van der Waals surface area contributed by atoms with Crippen molar-refractivity contribution >= 4 is 11.8 Å². The molecule has 0 aromatic carbocycles. The molecule has 0 N–H and O–H groups in total. The zero-order chi connectivity index (χ0) is 7.11. The number of nitriles is 1. The van der Waals surface area contributed by atoms with Crippen molar-refractivity contribution in [1.29, 1.82) is 5.26 Å². The van der Waals surface area contributed by atoms with Crippen LogP contribution in [0.25, 0.3) is 0 Å². The van der Waals surface area contributed by atoms with Gasteiger partial charge in [0, 0.05) is 5.75 Å². The van der Waals surface area contributed by atoms with E-state index in [0.29, 0.717) is 0 Å².